The third-order valence-electron chi connectivity index (χ3n) is 2.31. The monoisotopic (exact) mass is 246 g/mol. The normalized spacial score (nSPS) is 10.2. The SMILES string of the molecule is O=C(CC(=O)c1cnc[nH]1)CC(=O)c1cnc[nH]1. The van der Waals surface area contributed by atoms with Crippen LogP contribution < -0.4 is 0 Å². The van der Waals surface area contributed by atoms with Gasteiger partial charge in [-0.15, -0.1) is 0 Å². The largest absolute Gasteiger partial charge is 0.342 e. The summed E-state index contributed by atoms with van der Waals surface area (Å²) < 4.78 is 0. The number of rotatable bonds is 6. The molecular weight excluding hydrogens is 236 g/mol. The van der Waals surface area contributed by atoms with Crippen molar-refractivity contribution < 1.29 is 14.4 Å². The van der Waals surface area contributed by atoms with Crippen LogP contribution in [0.15, 0.2) is 25.0 Å². The number of ketones is 3. The molecule has 0 spiro atoms. The van der Waals surface area contributed by atoms with Crippen LogP contribution in [0.2, 0.25) is 0 Å². The summed E-state index contributed by atoms with van der Waals surface area (Å²) in [7, 11) is 0. The first kappa shape index (κ1) is 11.9. The molecule has 0 radical (unpaired) electrons. The first-order valence-electron chi connectivity index (χ1n) is 5.21. The van der Waals surface area contributed by atoms with Gasteiger partial charge < -0.3 is 9.97 Å². The van der Waals surface area contributed by atoms with Crippen LogP contribution in [0.5, 0.6) is 0 Å². The highest BCUT2D eigenvalue weighted by Gasteiger charge is 2.17. The van der Waals surface area contributed by atoms with Gasteiger partial charge in [0.1, 0.15) is 17.2 Å². The molecule has 2 aromatic rings. The number of Topliss-reactive ketones (excluding diaryl/α,β-unsaturated/α-hetero) is 3. The van der Waals surface area contributed by atoms with Gasteiger partial charge in [-0.05, 0) is 0 Å². The maximum Gasteiger partial charge on any atom is 0.187 e. The highest BCUT2D eigenvalue weighted by atomic mass is 16.2. The molecule has 2 N–H and O–H groups in total. The molecule has 7 heteroatoms. The summed E-state index contributed by atoms with van der Waals surface area (Å²) in [5.41, 5.74) is 0.523. The van der Waals surface area contributed by atoms with Gasteiger partial charge >= 0.3 is 0 Å². The fraction of sp³-hybridized carbons (Fsp3) is 0.182. The summed E-state index contributed by atoms with van der Waals surface area (Å²) in [4.78, 5) is 47.3. The Hall–Kier alpha value is -2.57. The summed E-state index contributed by atoms with van der Waals surface area (Å²) in [6, 6.07) is 0. The van der Waals surface area contributed by atoms with Crippen molar-refractivity contribution in [2.24, 2.45) is 0 Å². The van der Waals surface area contributed by atoms with Crippen molar-refractivity contribution in [3.8, 4) is 0 Å². The van der Waals surface area contributed by atoms with Crippen LogP contribution in [-0.2, 0) is 4.79 Å². The molecule has 0 saturated heterocycles. The van der Waals surface area contributed by atoms with E-state index in [9.17, 15) is 14.4 Å². The molecule has 0 aliphatic rings. The van der Waals surface area contributed by atoms with Crippen LogP contribution >= 0.6 is 0 Å². The minimum absolute atomic E-state index is 0.261. The lowest BCUT2D eigenvalue weighted by molar-refractivity contribution is -0.117. The number of aromatic amines is 2. The van der Waals surface area contributed by atoms with Gasteiger partial charge in [0.25, 0.3) is 0 Å². The Morgan fingerprint density at radius 3 is 1.67 bits per heavy atom. The van der Waals surface area contributed by atoms with Gasteiger partial charge in [-0.2, -0.15) is 0 Å². The van der Waals surface area contributed by atoms with E-state index in [0.29, 0.717) is 0 Å². The van der Waals surface area contributed by atoms with E-state index in [1.165, 1.54) is 25.0 Å². The number of hydrogen-bond acceptors (Lipinski definition) is 5. The molecule has 92 valence electrons. The third kappa shape index (κ3) is 2.76. The lowest BCUT2D eigenvalue weighted by Gasteiger charge is -1.97. The van der Waals surface area contributed by atoms with Crippen LogP contribution in [0.4, 0.5) is 0 Å². The molecule has 0 atom stereocenters. The molecule has 0 bridgehead atoms. The average Bonchev–Trinajstić information content (AvgIpc) is 3.02. The van der Waals surface area contributed by atoms with Crippen molar-refractivity contribution >= 4 is 17.3 Å². The maximum absolute atomic E-state index is 11.6. The molecule has 0 aliphatic heterocycles. The smallest absolute Gasteiger partial charge is 0.187 e. The second kappa shape index (κ2) is 5.17. The summed E-state index contributed by atoms with van der Waals surface area (Å²) in [6.45, 7) is 0. The van der Waals surface area contributed by atoms with E-state index >= 15 is 0 Å². The fourth-order valence-electron chi connectivity index (χ4n) is 1.43. The predicted molar refractivity (Wildman–Crippen MR) is 60.1 cm³/mol. The molecule has 0 aromatic carbocycles. The lowest BCUT2D eigenvalue weighted by Crippen LogP contribution is -2.13. The maximum atomic E-state index is 11.6. The van der Waals surface area contributed by atoms with Gasteiger partial charge in [0.05, 0.1) is 37.9 Å². The van der Waals surface area contributed by atoms with E-state index in [0.717, 1.165) is 0 Å². The van der Waals surface area contributed by atoms with Crippen LogP contribution in [0.1, 0.15) is 33.8 Å². The molecule has 2 aromatic heterocycles. The average molecular weight is 246 g/mol. The second-order valence-electron chi connectivity index (χ2n) is 3.67. The fourth-order valence-corrected chi connectivity index (χ4v) is 1.43. The zero-order valence-corrected chi connectivity index (χ0v) is 9.34. The molecule has 2 rings (SSSR count). The number of nitrogens with one attached hydrogen (secondary N) is 2. The van der Waals surface area contributed by atoms with E-state index in [1.54, 1.807) is 0 Å². The van der Waals surface area contributed by atoms with Crippen molar-refractivity contribution in [3.63, 3.8) is 0 Å². The predicted octanol–water partition coefficient (Wildman–Crippen LogP) is 0.548. The third-order valence-corrected chi connectivity index (χ3v) is 2.31. The summed E-state index contributed by atoms with van der Waals surface area (Å²) in [5.74, 6) is -1.20. The number of nitrogens with zero attached hydrogens (tertiary/aromatic N) is 2. The quantitative estimate of drug-likeness (QED) is 0.571. The Balaban J connectivity index is 1.90. The van der Waals surface area contributed by atoms with Crippen molar-refractivity contribution in [2.75, 3.05) is 0 Å². The number of H-pyrrole nitrogens is 2. The topological polar surface area (TPSA) is 109 Å². The van der Waals surface area contributed by atoms with E-state index in [-0.39, 0.29) is 35.8 Å². The zero-order chi connectivity index (χ0) is 13.0. The molecule has 2 heterocycles. The van der Waals surface area contributed by atoms with E-state index in [4.69, 9.17) is 0 Å². The molecular formula is C11H10N4O3. The van der Waals surface area contributed by atoms with Gasteiger partial charge in [-0.25, -0.2) is 9.97 Å². The number of carbonyl (C=O) groups is 3. The van der Waals surface area contributed by atoms with Crippen molar-refractivity contribution in [3.05, 3.63) is 36.4 Å². The minimum Gasteiger partial charge on any atom is -0.342 e. The Morgan fingerprint density at radius 2 is 1.33 bits per heavy atom. The van der Waals surface area contributed by atoms with Crippen molar-refractivity contribution in [2.45, 2.75) is 12.8 Å². The molecule has 0 unspecified atom stereocenters. The Morgan fingerprint density at radius 1 is 0.889 bits per heavy atom. The molecule has 0 fully saturated rings. The number of carbonyl (C=O) groups excluding carboxylic acids is 3. The summed E-state index contributed by atoms with van der Waals surface area (Å²) in [6.07, 6.45) is 4.75. The highest BCUT2D eigenvalue weighted by Crippen LogP contribution is 2.04. The van der Waals surface area contributed by atoms with Crippen molar-refractivity contribution in [1.29, 1.82) is 0 Å². The van der Waals surface area contributed by atoms with Gasteiger partial charge in [-0.1, -0.05) is 0 Å². The Kier molecular flexibility index (Phi) is 3.42. The molecule has 7 nitrogen and oxygen atoms in total. The number of imidazole rings is 2. The molecule has 0 aliphatic carbocycles. The van der Waals surface area contributed by atoms with Gasteiger partial charge in [0.2, 0.25) is 0 Å². The lowest BCUT2D eigenvalue weighted by atomic mass is 10.1. The molecule has 0 amide bonds. The summed E-state index contributed by atoms with van der Waals surface area (Å²) >= 11 is 0. The Labute approximate surface area is 102 Å². The van der Waals surface area contributed by atoms with Gasteiger partial charge in [0.15, 0.2) is 11.6 Å². The minimum atomic E-state index is -0.436. The molecule has 18 heavy (non-hydrogen) atoms. The van der Waals surface area contributed by atoms with Crippen LogP contribution in [-0.4, -0.2) is 37.3 Å². The standard InChI is InChI=1S/C11H10N4O3/c16-7(1-10(17)8-3-12-5-14-8)2-11(18)9-4-13-6-15-9/h3-6H,1-2H2,(H,12,14)(H,13,15). The van der Waals surface area contributed by atoms with E-state index in [2.05, 4.69) is 19.9 Å². The van der Waals surface area contributed by atoms with Crippen molar-refractivity contribution in [1.82, 2.24) is 19.9 Å². The highest BCUT2D eigenvalue weighted by molar-refractivity contribution is 6.14. The second-order valence-corrected chi connectivity index (χ2v) is 3.67. The van der Waals surface area contributed by atoms with Crippen LogP contribution in [0, 0.1) is 0 Å². The van der Waals surface area contributed by atoms with Gasteiger partial charge in [0, 0.05) is 0 Å². The van der Waals surface area contributed by atoms with Crippen LogP contribution in [0.25, 0.3) is 0 Å². The van der Waals surface area contributed by atoms with E-state index < -0.39 is 5.78 Å². The number of aromatic nitrogens is 4. The summed E-state index contributed by atoms with van der Waals surface area (Å²) in [5, 5.41) is 0. The molecule has 0 saturated carbocycles. The number of hydrogen-bond donors (Lipinski definition) is 2. The Bertz CT molecular complexity index is 507. The first-order chi connectivity index (χ1) is 8.66. The zero-order valence-electron chi connectivity index (χ0n) is 9.34. The first-order valence-corrected chi connectivity index (χ1v) is 5.21. The van der Waals surface area contributed by atoms with Gasteiger partial charge in [-0.3, -0.25) is 14.4 Å². The van der Waals surface area contributed by atoms with Crippen LogP contribution in [0.3, 0.4) is 0 Å². The van der Waals surface area contributed by atoms with E-state index in [1.807, 2.05) is 0 Å².